The maximum absolute atomic E-state index is 5.50. The van der Waals surface area contributed by atoms with Gasteiger partial charge in [0, 0.05) is 12.0 Å². The highest BCUT2D eigenvalue weighted by molar-refractivity contribution is 5.64. The highest BCUT2D eigenvalue weighted by Gasteiger charge is 2.06. The van der Waals surface area contributed by atoms with Crippen LogP contribution in [0.5, 0.6) is 0 Å². The Morgan fingerprint density at radius 1 is 0.944 bits per heavy atom. The number of hydrogen-bond donors (Lipinski definition) is 1. The van der Waals surface area contributed by atoms with Crippen molar-refractivity contribution in [3.8, 4) is 11.3 Å². The molecule has 0 aliphatic carbocycles. The van der Waals surface area contributed by atoms with Crippen LogP contribution in [-0.2, 0) is 6.42 Å². The maximum Gasteiger partial charge on any atom is 0.0932 e. The van der Waals surface area contributed by atoms with Crippen molar-refractivity contribution < 1.29 is 0 Å². The molecule has 2 aromatic rings. The van der Waals surface area contributed by atoms with E-state index in [-0.39, 0.29) is 0 Å². The van der Waals surface area contributed by atoms with Crippen molar-refractivity contribution in [3.63, 3.8) is 0 Å². The number of aromatic nitrogens is 2. The van der Waals surface area contributed by atoms with Gasteiger partial charge in [0.1, 0.15) is 0 Å². The van der Waals surface area contributed by atoms with Crippen LogP contribution in [0, 0.1) is 20.8 Å². The van der Waals surface area contributed by atoms with Crippen LogP contribution in [0.25, 0.3) is 11.3 Å². The van der Waals surface area contributed by atoms with E-state index >= 15 is 0 Å². The van der Waals surface area contributed by atoms with E-state index in [2.05, 4.69) is 43.1 Å². The molecule has 0 amide bonds. The molecule has 0 aliphatic rings. The number of aryl methyl sites for hydroxylation is 3. The summed E-state index contributed by atoms with van der Waals surface area (Å²) < 4.78 is 0. The number of hydrogen-bond acceptors (Lipinski definition) is 3. The van der Waals surface area contributed by atoms with E-state index in [1.807, 2.05) is 12.1 Å². The van der Waals surface area contributed by atoms with Gasteiger partial charge in [-0.3, -0.25) is 0 Å². The Bertz CT molecular complexity index is 544. The van der Waals surface area contributed by atoms with Crippen LogP contribution in [0.3, 0.4) is 0 Å². The SMILES string of the molecule is Cc1cc(C)c(-c2ccc(CCN)nn2)cc1C. The first-order chi connectivity index (χ1) is 8.61. The first kappa shape index (κ1) is 12.7. The Labute approximate surface area is 108 Å². The van der Waals surface area contributed by atoms with Crippen LogP contribution in [0.2, 0.25) is 0 Å². The molecule has 18 heavy (non-hydrogen) atoms. The van der Waals surface area contributed by atoms with Crippen molar-refractivity contribution in [1.29, 1.82) is 0 Å². The monoisotopic (exact) mass is 241 g/mol. The second kappa shape index (κ2) is 5.27. The molecular formula is C15H19N3. The van der Waals surface area contributed by atoms with Gasteiger partial charge in [-0.15, -0.1) is 0 Å². The lowest BCUT2D eigenvalue weighted by atomic mass is 9.98. The summed E-state index contributed by atoms with van der Waals surface area (Å²) in [6, 6.07) is 8.40. The third-order valence-electron chi connectivity index (χ3n) is 3.24. The Balaban J connectivity index is 2.39. The summed E-state index contributed by atoms with van der Waals surface area (Å²) in [6.45, 7) is 6.96. The Morgan fingerprint density at radius 2 is 1.67 bits per heavy atom. The van der Waals surface area contributed by atoms with Crippen molar-refractivity contribution in [1.82, 2.24) is 10.2 Å². The van der Waals surface area contributed by atoms with Crippen molar-refractivity contribution in [2.24, 2.45) is 5.73 Å². The quantitative estimate of drug-likeness (QED) is 0.898. The summed E-state index contributed by atoms with van der Waals surface area (Å²) in [4.78, 5) is 0. The zero-order valence-corrected chi connectivity index (χ0v) is 11.2. The number of nitrogens with two attached hydrogens (primary N) is 1. The summed E-state index contributed by atoms with van der Waals surface area (Å²) in [5.41, 5.74) is 12.4. The molecule has 94 valence electrons. The summed E-state index contributed by atoms with van der Waals surface area (Å²) in [7, 11) is 0. The molecule has 0 aliphatic heterocycles. The average Bonchev–Trinajstić information content (AvgIpc) is 2.35. The van der Waals surface area contributed by atoms with Crippen LogP contribution in [0.1, 0.15) is 22.4 Å². The summed E-state index contributed by atoms with van der Waals surface area (Å²) in [5.74, 6) is 0. The van der Waals surface area contributed by atoms with E-state index in [1.165, 1.54) is 16.7 Å². The minimum Gasteiger partial charge on any atom is -0.330 e. The second-order valence-electron chi connectivity index (χ2n) is 4.70. The molecule has 2 rings (SSSR count). The highest BCUT2D eigenvalue weighted by atomic mass is 15.1. The minimum atomic E-state index is 0.608. The molecule has 0 unspecified atom stereocenters. The highest BCUT2D eigenvalue weighted by Crippen LogP contribution is 2.24. The van der Waals surface area contributed by atoms with Gasteiger partial charge in [-0.25, -0.2) is 0 Å². The average molecular weight is 241 g/mol. The molecule has 0 fully saturated rings. The van der Waals surface area contributed by atoms with Gasteiger partial charge in [-0.1, -0.05) is 6.07 Å². The topological polar surface area (TPSA) is 51.8 Å². The van der Waals surface area contributed by atoms with Gasteiger partial charge in [-0.05, 0) is 62.2 Å². The lowest BCUT2D eigenvalue weighted by Crippen LogP contribution is -2.05. The summed E-state index contributed by atoms with van der Waals surface area (Å²) in [5, 5.41) is 8.50. The fraction of sp³-hybridized carbons (Fsp3) is 0.333. The molecule has 0 bridgehead atoms. The van der Waals surface area contributed by atoms with Gasteiger partial charge >= 0.3 is 0 Å². The van der Waals surface area contributed by atoms with Crippen LogP contribution < -0.4 is 5.73 Å². The first-order valence-corrected chi connectivity index (χ1v) is 6.22. The molecule has 1 aromatic carbocycles. The zero-order chi connectivity index (χ0) is 13.1. The van der Waals surface area contributed by atoms with Gasteiger partial charge in [0.25, 0.3) is 0 Å². The Morgan fingerprint density at radius 3 is 2.28 bits per heavy atom. The predicted molar refractivity (Wildman–Crippen MR) is 74.4 cm³/mol. The fourth-order valence-corrected chi connectivity index (χ4v) is 2.02. The van der Waals surface area contributed by atoms with E-state index < -0.39 is 0 Å². The second-order valence-corrected chi connectivity index (χ2v) is 4.70. The van der Waals surface area contributed by atoms with E-state index in [9.17, 15) is 0 Å². The lowest BCUT2D eigenvalue weighted by molar-refractivity contribution is 0.869. The standard InChI is InChI=1S/C15H19N3/c1-10-8-12(3)14(9-11(10)2)15-5-4-13(6-7-16)17-18-15/h4-5,8-9H,6-7,16H2,1-3H3. The van der Waals surface area contributed by atoms with Gasteiger partial charge in [0.05, 0.1) is 11.4 Å². The predicted octanol–water partition coefficient (Wildman–Crippen LogP) is 2.57. The van der Waals surface area contributed by atoms with Crippen molar-refractivity contribution in [2.45, 2.75) is 27.2 Å². The molecule has 1 heterocycles. The molecule has 1 aromatic heterocycles. The maximum atomic E-state index is 5.50. The molecule has 0 saturated carbocycles. The smallest absolute Gasteiger partial charge is 0.0932 e. The van der Waals surface area contributed by atoms with E-state index in [4.69, 9.17) is 5.73 Å². The normalized spacial score (nSPS) is 10.7. The van der Waals surface area contributed by atoms with Gasteiger partial charge in [0.15, 0.2) is 0 Å². The number of benzene rings is 1. The number of nitrogens with zero attached hydrogens (tertiary/aromatic N) is 2. The molecule has 2 N–H and O–H groups in total. The van der Waals surface area contributed by atoms with Crippen LogP contribution in [0.15, 0.2) is 24.3 Å². The fourth-order valence-electron chi connectivity index (χ4n) is 2.02. The molecule has 0 radical (unpaired) electrons. The first-order valence-electron chi connectivity index (χ1n) is 6.22. The largest absolute Gasteiger partial charge is 0.330 e. The molecule has 3 heteroatoms. The molecular weight excluding hydrogens is 222 g/mol. The Kier molecular flexibility index (Phi) is 3.72. The number of rotatable bonds is 3. The summed E-state index contributed by atoms with van der Waals surface area (Å²) in [6.07, 6.45) is 0.777. The van der Waals surface area contributed by atoms with Crippen LogP contribution in [0.4, 0.5) is 0 Å². The lowest BCUT2D eigenvalue weighted by Gasteiger charge is -2.09. The third kappa shape index (κ3) is 2.57. The van der Waals surface area contributed by atoms with Gasteiger partial charge < -0.3 is 5.73 Å². The van der Waals surface area contributed by atoms with Crippen molar-refractivity contribution in [2.75, 3.05) is 6.54 Å². The molecule has 0 saturated heterocycles. The summed E-state index contributed by atoms with van der Waals surface area (Å²) >= 11 is 0. The van der Waals surface area contributed by atoms with E-state index in [0.717, 1.165) is 23.4 Å². The molecule has 0 spiro atoms. The van der Waals surface area contributed by atoms with Crippen molar-refractivity contribution >= 4 is 0 Å². The van der Waals surface area contributed by atoms with Crippen LogP contribution >= 0.6 is 0 Å². The third-order valence-corrected chi connectivity index (χ3v) is 3.24. The van der Waals surface area contributed by atoms with Gasteiger partial charge in [0.2, 0.25) is 0 Å². The molecule has 0 atom stereocenters. The van der Waals surface area contributed by atoms with E-state index in [1.54, 1.807) is 0 Å². The Hall–Kier alpha value is -1.74. The van der Waals surface area contributed by atoms with Crippen molar-refractivity contribution in [3.05, 3.63) is 46.6 Å². The van der Waals surface area contributed by atoms with Gasteiger partial charge in [-0.2, -0.15) is 10.2 Å². The van der Waals surface area contributed by atoms with E-state index in [0.29, 0.717) is 6.54 Å². The molecule has 3 nitrogen and oxygen atoms in total. The van der Waals surface area contributed by atoms with Crippen LogP contribution in [-0.4, -0.2) is 16.7 Å². The zero-order valence-electron chi connectivity index (χ0n) is 11.2. The minimum absolute atomic E-state index is 0.608.